The number of para-hydroxylation sites is 1. The first kappa shape index (κ1) is 19.1. The lowest BCUT2D eigenvalue weighted by Crippen LogP contribution is -2.29. The Labute approximate surface area is 172 Å². The number of fused-ring (bicyclic) bond motifs is 1. The predicted molar refractivity (Wildman–Crippen MR) is 112 cm³/mol. The number of nitrogens with zero attached hydrogens (tertiary/aromatic N) is 3. The van der Waals surface area contributed by atoms with E-state index in [2.05, 4.69) is 4.98 Å². The quantitative estimate of drug-likeness (QED) is 0.539. The van der Waals surface area contributed by atoms with Crippen LogP contribution in [-0.4, -0.2) is 35.3 Å². The number of hydrogen-bond donors (Lipinski definition) is 1. The van der Waals surface area contributed by atoms with Crippen LogP contribution in [0.15, 0.2) is 67.0 Å². The fraction of sp³-hybridized carbons (Fsp3) is 0.0500. The van der Waals surface area contributed by atoms with Gasteiger partial charge in [-0.15, -0.1) is 0 Å². The maximum atomic E-state index is 12.1. The number of sulfonamides is 1. The zero-order chi connectivity index (χ0) is 20.6. The van der Waals surface area contributed by atoms with E-state index in [4.69, 9.17) is 16.7 Å². The van der Waals surface area contributed by atoms with E-state index in [9.17, 15) is 13.2 Å². The fourth-order valence-corrected chi connectivity index (χ4v) is 3.73. The topological polar surface area (TPSA) is 94.0 Å². The van der Waals surface area contributed by atoms with Crippen molar-refractivity contribution in [2.75, 3.05) is 6.26 Å². The molecule has 4 aromatic rings. The highest BCUT2D eigenvalue weighted by Crippen LogP contribution is 2.31. The number of hydrogen-bond acceptors (Lipinski definition) is 5. The van der Waals surface area contributed by atoms with E-state index in [1.807, 2.05) is 41.1 Å². The summed E-state index contributed by atoms with van der Waals surface area (Å²) in [6.07, 6.45) is 4.34. The molecule has 0 bridgehead atoms. The van der Waals surface area contributed by atoms with Crippen molar-refractivity contribution in [3.8, 4) is 16.9 Å². The molecule has 9 heteroatoms. The lowest BCUT2D eigenvalue weighted by Gasteiger charge is -2.08. The second-order valence-corrected chi connectivity index (χ2v) is 8.54. The standard InChI is InChI=1S/C20H15ClN4O3S/c1-29(27,28)24-20(26)13-8-9-18(16(21)11-13)25-17-7-3-2-6-15(17)19(23-25)14-5-4-10-22-12-14/h2-12H,1H3,(H,24,26). The number of halogens is 1. The molecule has 0 saturated heterocycles. The third-order valence-electron chi connectivity index (χ3n) is 4.24. The van der Waals surface area contributed by atoms with Crippen molar-refractivity contribution < 1.29 is 13.2 Å². The minimum absolute atomic E-state index is 0.133. The predicted octanol–water partition coefficient (Wildman–Crippen LogP) is 3.43. The molecule has 2 aromatic heterocycles. The Morgan fingerprint density at radius 2 is 1.90 bits per heavy atom. The number of carbonyl (C=O) groups is 1. The van der Waals surface area contributed by atoms with Gasteiger partial charge < -0.3 is 0 Å². The van der Waals surface area contributed by atoms with Crippen molar-refractivity contribution in [2.45, 2.75) is 0 Å². The Morgan fingerprint density at radius 1 is 1.10 bits per heavy atom. The Bertz CT molecular complexity index is 1330. The molecule has 0 aliphatic rings. The van der Waals surface area contributed by atoms with Gasteiger partial charge in [-0.25, -0.2) is 17.8 Å². The van der Waals surface area contributed by atoms with Crippen molar-refractivity contribution in [3.63, 3.8) is 0 Å². The van der Waals surface area contributed by atoms with Gasteiger partial charge >= 0.3 is 0 Å². The van der Waals surface area contributed by atoms with Crippen molar-refractivity contribution in [1.29, 1.82) is 0 Å². The number of rotatable bonds is 4. The summed E-state index contributed by atoms with van der Waals surface area (Å²) in [6.45, 7) is 0. The first-order valence-electron chi connectivity index (χ1n) is 8.54. The summed E-state index contributed by atoms with van der Waals surface area (Å²) in [6, 6.07) is 16.0. The Kier molecular flexibility index (Phi) is 4.81. The number of benzene rings is 2. The SMILES string of the molecule is CS(=O)(=O)NC(=O)c1ccc(-n2nc(-c3cccnc3)c3ccccc32)c(Cl)c1. The third kappa shape index (κ3) is 3.85. The fourth-order valence-electron chi connectivity index (χ4n) is 3.01. The normalized spacial score (nSPS) is 11.5. The molecule has 0 unspecified atom stereocenters. The highest BCUT2D eigenvalue weighted by molar-refractivity contribution is 7.89. The molecule has 0 fully saturated rings. The molecule has 2 aromatic carbocycles. The van der Waals surface area contributed by atoms with Gasteiger partial charge in [0.15, 0.2) is 0 Å². The molecule has 146 valence electrons. The maximum absolute atomic E-state index is 12.1. The highest BCUT2D eigenvalue weighted by Gasteiger charge is 2.17. The van der Waals surface area contributed by atoms with Crippen LogP contribution in [0.4, 0.5) is 0 Å². The van der Waals surface area contributed by atoms with E-state index >= 15 is 0 Å². The van der Waals surface area contributed by atoms with Crippen LogP contribution in [0.5, 0.6) is 0 Å². The van der Waals surface area contributed by atoms with Gasteiger partial charge in [0.1, 0.15) is 5.69 Å². The van der Waals surface area contributed by atoms with Crippen LogP contribution in [0, 0.1) is 0 Å². The summed E-state index contributed by atoms with van der Waals surface area (Å²) in [5.74, 6) is -0.748. The molecule has 0 aliphatic carbocycles. The molecule has 1 amide bonds. The van der Waals surface area contributed by atoms with Gasteiger partial charge in [-0.3, -0.25) is 9.78 Å². The Morgan fingerprint density at radius 3 is 2.59 bits per heavy atom. The van der Waals surface area contributed by atoms with Crippen LogP contribution < -0.4 is 4.72 Å². The summed E-state index contributed by atoms with van der Waals surface area (Å²) >= 11 is 6.43. The zero-order valence-electron chi connectivity index (χ0n) is 15.2. The van der Waals surface area contributed by atoms with Crippen LogP contribution >= 0.6 is 11.6 Å². The van der Waals surface area contributed by atoms with Gasteiger partial charge in [0.2, 0.25) is 10.0 Å². The van der Waals surface area contributed by atoms with Crippen molar-refractivity contribution in [3.05, 3.63) is 77.6 Å². The van der Waals surface area contributed by atoms with Crippen LogP contribution in [-0.2, 0) is 10.0 Å². The average molecular weight is 427 g/mol. The van der Waals surface area contributed by atoms with E-state index in [1.165, 1.54) is 12.1 Å². The Hall–Kier alpha value is -3.23. The monoisotopic (exact) mass is 426 g/mol. The second-order valence-electron chi connectivity index (χ2n) is 6.39. The molecule has 2 heterocycles. The molecule has 0 atom stereocenters. The molecule has 0 saturated carbocycles. The van der Waals surface area contributed by atoms with E-state index < -0.39 is 15.9 Å². The lowest BCUT2D eigenvalue weighted by molar-refractivity contribution is 0.0981. The molecule has 0 spiro atoms. The van der Waals surface area contributed by atoms with Crippen LogP contribution in [0.25, 0.3) is 27.8 Å². The number of aromatic nitrogens is 3. The van der Waals surface area contributed by atoms with E-state index in [0.717, 1.165) is 28.4 Å². The third-order valence-corrected chi connectivity index (χ3v) is 5.10. The van der Waals surface area contributed by atoms with Crippen molar-refractivity contribution in [2.24, 2.45) is 0 Å². The van der Waals surface area contributed by atoms with Crippen molar-refractivity contribution >= 4 is 38.4 Å². The van der Waals surface area contributed by atoms with Crippen LogP contribution in [0.3, 0.4) is 0 Å². The number of carbonyl (C=O) groups excluding carboxylic acids is 1. The summed E-state index contributed by atoms with van der Waals surface area (Å²) in [7, 11) is -3.67. The average Bonchev–Trinajstić information content (AvgIpc) is 3.07. The van der Waals surface area contributed by atoms with E-state index in [0.29, 0.717) is 5.69 Å². The second kappa shape index (κ2) is 7.31. The maximum Gasteiger partial charge on any atom is 0.264 e. The highest BCUT2D eigenvalue weighted by atomic mass is 35.5. The van der Waals surface area contributed by atoms with Gasteiger partial charge in [-0.2, -0.15) is 5.10 Å². The lowest BCUT2D eigenvalue weighted by atomic mass is 10.1. The molecular formula is C20H15ClN4O3S. The summed E-state index contributed by atoms with van der Waals surface area (Å²) in [5, 5.41) is 5.91. The summed E-state index contributed by atoms with van der Waals surface area (Å²) in [4.78, 5) is 16.2. The van der Waals surface area contributed by atoms with Crippen molar-refractivity contribution in [1.82, 2.24) is 19.5 Å². The molecule has 0 aliphatic heterocycles. The molecular weight excluding hydrogens is 412 g/mol. The van der Waals surface area contributed by atoms with Gasteiger partial charge in [-0.05, 0) is 36.4 Å². The molecule has 29 heavy (non-hydrogen) atoms. The minimum Gasteiger partial charge on any atom is -0.268 e. The van der Waals surface area contributed by atoms with Crippen LogP contribution in [0.2, 0.25) is 5.02 Å². The Balaban J connectivity index is 1.83. The van der Waals surface area contributed by atoms with Gasteiger partial charge in [0.25, 0.3) is 5.91 Å². The number of amides is 1. The number of nitrogens with one attached hydrogen (secondary N) is 1. The van der Waals surface area contributed by atoms with E-state index in [-0.39, 0.29) is 10.6 Å². The molecule has 1 N–H and O–H groups in total. The first-order valence-corrected chi connectivity index (χ1v) is 10.8. The molecule has 0 radical (unpaired) electrons. The smallest absolute Gasteiger partial charge is 0.264 e. The first-order chi connectivity index (χ1) is 13.8. The molecule has 7 nitrogen and oxygen atoms in total. The zero-order valence-corrected chi connectivity index (χ0v) is 16.8. The van der Waals surface area contributed by atoms with E-state index in [1.54, 1.807) is 23.1 Å². The molecule has 4 rings (SSSR count). The largest absolute Gasteiger partial charge is 0.268 e. The summed E-state index contributed by atoms with van der Waals surface area (Å²) in [5.41, 5.74) is 3.15. The van der Waals surface area contributed by atoms with Gasteiger partial charge in [-0.1, -0.05) is 29.8 Å². The number of pyridine rings is 1. The van der Waals surface area contributed by atoms with Crippen LogP contribution in [0.1, 0.15) is 10.4 Å². The van der Waals surface area contributed by atoms with Gasteiger partial charge in [0.05, 0.1) is 22.5 Å². The summed E-state index contributed by atoms with van der Waals surface area (Å²) < 4.78 is 26.2. The minimum atomic E-state index is -3.67. The van der Waals surface area contributed by atoms with Gasteiger partial charge in [0, 0.05) is 28.9 Å².